The van der Waals surface area contributed by atoms with Crippen molar-refractivity contribution in [2.75, 3.05) is 26.2 Å². The molecule has 1 aromatic heterocycles. The zero-order valence-corrected chi connectivity index (χ0v) is 20.3. The van der Waals surface area contributed by atoms with Gasteiger partial charge < -0.3 is 14.8 Å². The Kier molecular flexibility index (Phi) is 8.46. The third-order valence-corrected chi connectivity index (χ3v) is 5.79. The Morgan fingerprint density at radius 3 is 2.32 bits per heavy atom. The number of aryl methyl sites for hydroxylation is 1. The van der Waals surface area contributed by atoms with Gasteiger partial charge >= 0.3 is 0 Å². The summed E-state index contributed by atoms with van der Waals surface area (Å²) in [6, 6.07) is 0.314. The van der Waals surface area contributed by atoms with E-state index in [1.54, 1.807) is 17.3 Å². The highest BCUT2D eigenvalue weighted by molar-refractivity contribution is 5.99. The number of pyridine rings is 1. The summed E-state index contributed by atoms with van der Waals surface area (Å²) in [6.45, 7) is 17.9. The Labute approximate surface area is 186 Å². The Balaban J connectivity index is 2.37. The number of nitrogens with one attached hydrogen (secondary N) is 1. The predicted octanol–water partition coefficient (Wildman–Crippen LogP) is 2.98. The van der Waals surface area contributed by atoms with Crippen LogP contribution in [0.15, 0.2) is 17.2 Å². The standard InChI is InChI=1S/C24H40N4O3/c1-8-27(9-2)18-11-13-28(14-18)23(31)20-16-26(12-10-17(3)4)15-19(21(20)29)22(30)25-24(5,6)7/h15-18H,8-14H2,1-7H3,(H,25,30). The van der Waals surface area contributed by atoms with Crippen LogP contribution in [0, 0.1) is 5.92 Å². The summed E-state index contributed by atoms with van der Waals surface area (Å²) in [5.74, 6) is -0.241. The molecule has 7 nitrogen and oxygen atoms in total. The Morgan fingerprint density at radius 2 is 1.77 bits per heavy atom. The van der Waals surface area contributed by atoms with E-state index in [0.29, 0.717) is 31.6 Å². The lowest BCUT2D eigenvalue weighted by molar-refractivity contribution is 0.0775. The summed E-state index contributed by atoms with van der Waals surface area (Å²) < 4.78 is 1.82. The maximum Gasteiger partial charge on any atom is 0.259 e. The topological polar surface area (TPSA) is 74.7 Å². The van der Waals surface area contributed by atoms with Crippen molar-refractivity contribution in [3.05, 3.63) is 33.7 Å². The monoisotopic (exact) mass is 432 g/mol. The van der Waals surface area contributed by atoms with Crippen LogP contribution in [0.2, 0.25) is 0 Å². The fourth-order valence-electron chi connectivity index (χ4n) is 4.02. The average Bonchev–Trinajstić information content (AvgIpc) is 3.16. The maximum absolute atomic E-state index is 13.3. The van der Waals surface area contributed by atoms with Gasteiger partial charge in [0.05, 0.1) is 0 Å². The highest BCUT2D eigenvalue weighted by atomic mass is 16.2. The molecule has 0 aromatic carbocycles. The molecule has 7 heteroatoms. The van der Waals surface area contributed by atoms with Crippen LogP contribution in [0.1, 0.15) is 82.0 Å². The van der Waals surface area contributed by atoms with Crippen LogP contribution in [0.4, 0.5) is 0 Å². The van der Waals surface area contributed by atoms with E-state index in [-0.39, 0.29) is 17.0 Å². The van der Waals surface area contributed by atoms with Gasteiger partial charge in [-0.2, -0.15) is 0 Å². The summed E-state index contributed by atoms with van der Waals surface area (Å²) in [7, 11) is 0. The van der Waals surface area contributed by atoms with Crippen LogP contribution in [0.5, 0.6) is 0 Å². The first-order valence-electron chi connectivity index (χ1n) is 11.6. The molecule has 31 heavy (non-hydrogen) atoms. The first kappa shape index (κ1) is 25.1. The molecule has 0 spiro atoms. The van der Waals surface area contributed by atoms with Crippen molar-refractivity contribution in [1.82, 2.24) is 19.7 Å². The highest BCUT2D eigenvalue weighted by Gasteiger charge is 2.32. The molecule has 1 saturated heterocycles. The molecule has 1 aromatic rings. The van der Waals surface area contributed by atoms with Gasteiger partial charge in [-0.15, -0.1) is 0 Å². The number of amides is 2. The second-order valence-electron chi connectivity index (χ2n) is 9.95. The molecule has 1 atom stereocenters. The van der Waals surface area contributed by atoms with E-state index in [9.17, 15) is 14.4 Å². The Hall–Kier alpha value is -2.15. The number of rotatable bonds is 8. The molecule has 2 amide bonds. The summed E-state index contributed by atoms with van der Waals surface area (Å²) in [5, 5.41) is 2.86. The molecule has 1 fully saturated rings. The molecule has 0 bridgehead atoms. The minimum atomic E-state index is -0.487. The maximum atomic E-state index is 13.3. The van der Waals surface area contributed by atoms with Crippen molar-refractivity contribution in [3.8, 4) is 0 Å². The number of carbonyl (C=O) groups excluding carboxylic acids is 2. The minimum Gasteiger partial charge on any atom is -0.352 e. The number of hydrogen-bond acceptors (Lipinski definition) is 4. The number of nitrogens with zero attached hydrogens (tertiary/aromatic N) is 3. The number of aromatic nitrogens is 1. The van der Waals surface area contributed by atoms with Crippen LogP contribution in [-0.2, 0) is 6.54 Å². The Morgan fingerprint density at radius 1 is 1.16 bits per heavy atom. The molecule has 1 aliphatic rings. The van der Waals surface area contributed by atoms with Crippen molar-refractivity contribution in [2.45, 2.75) is 79.4 Å². The first-order valence-corrected chi connectivity index (χ1v) is 11.6. The molecule has 2 heterocycles. The highest BCUT2D eigenvalue weighted by Crippen LogP contribution is 2.18. The van der Waals surface area contributed by atoms with Crippen molar-refractivity contribution in [2.24, 2.45) is 5.92 Å². The third-order valence-electron chi connectivity index (χ3n) is 5.79. The van der Waals surface area contributed by atoms with Gasteiger partial charge in [0, 0.05) is 43.6 Å². The first-order chi connectivity index (χ1) is 14.5. The molecule has 1 unspecified atom stereocenters. The fourth-order valence-corrected chi connectivity index (χ4v) is 4.02. The molecule has 0 aliphatic carbocycles. The van der Waals surface area contributed by atoms with Crippen molar-refractivity contribution in [1.29, 1.82) is 0 Å². The van der Waals surface area contributed by atoms with E-state index in [1.807, 2.05) is 25.3 Å². The van der Waals surface area contributed by atoms with Crippen LogP contribution in [-0.4, -0.2) is 63.9 Å². The zero-order valence-electron chi connectivity index (χ0n) is 20.3. The van der Waals surface area contributed by atoms with Gasteiger partial charge in [-0.1, -0.05) is 27.7 Å². The van der Waals surface area contributed by atoms with Gasteiger partial charge in [-0.25, -0.2) is 0 Å². The number of likely N-dealkylation sites (tertiary alicyclic amines) is 1. The molecular weight excluding hydrogens is 392 g/mol. The lowest BCUT2D eigenvalue weighted by Gasteiger charge is -2.26. The van der Waals surface area contributed by atoms with Gasteiger partial charge in [0.2, 0.25) is 5.43 Å². The summed E-state index contributed by atoms with van der Waals surface area (Å²) >= 11 is 0. The van der Waals surface area contributed by atoms with Crippen molar-refractivity contribution in [3.63, 3.8) is 0 Å². The molecule has 1 aliphatic heterocycles. The summed E-state index contributed by atoms with van der Waals surface area (Å²) in [4.78, 5) is 43.4. The summed E-state index contributed by atoms with van der Waals surface area (Å²) in [6.07, 6.45) is 5.01. The largest absolute Gasteiger partial charge is 0.352 e. The third kappa shape index (κ3) is 6.66. The molecule has 1 N–H and O–H groups in total. The minimum absolute atomic E-state index is 0.0315. The molecule has 174 valence electrons. The SMILES string of the molecule is CCN(CC)C1CCN(C(=O)c2cn(CCC(C)C)cc(C(=O)NC(C)(C)C)c2=O)C1. The van der Waals surface area contributed by atoms with Gasteiger partial charge in [0.25, 0.3) is 11.8 Å². The molecule has 0 radical (unpaired) electrons. The van der Waals surface area contributed by atoms with E-state index in [2.05, 4.69) is 37.9 Å². The van der Waals surface area contributed by atoms with Gasteiger partial charge in [0.1, 0.15) is 11.1 Å². The van der Waals surface area contributed by atoms with Gasteiger partial charge in [0.15, 0.2) is 0 Å². The second kappa shape index (κ2) is 10.4. The average molecular weight is 433 g/mol. The molecular formula is C24H40N4O3. The van der Waals surface area contributed by atoms with E-state index in [4.69, 9.17) is 0 Å². The van der Waals surface area contributed by atoms with E-state index >= 15 is 0 Å². The van der Waals surface area contributed by atoms with E-state index in [1.165, 1.54) is 0 Å². The van der Waals surface area contributed by atoms with Crippen LogP contribution < -0.4 is 10.7 Å². The smallest absolute Gasteiger partial charge is 0.259 e. The van der Waals surface area contributed by atoms with E-state index < -0.39 is 16.9 Å². The number of carbonyl (C=O) groups is 2. The number of likely N-dealkylation sites (N-methyl/N-ethyl adjacent to an activating group) is 1. The zero-order chi connectivity index (χ0) is 23.3. The van der Waals surface area contributed by atoms with Gasteiger partial charge in [-0.05, 0) is 52.6 Å². The van der Waals surface area contributed by atoms with Crippen LogP contribution >= 0.6 is 0 Å². The predicted molar refractivity (Wildman–Crippen MR) is 125 cm³/mol. The lowest BCUT2D eigenvalue weighted by Crippen LogP contribution is -2.44. The molecule has 0 saturated carbocycles. The normalized spacial score (nSPS) is 16.9. The lowest BCUT2D eigenvalue weighted by atomic mass is 10.1. The van der Waals surface area contributed by atoms with Crippen molar-refractivity contribution < 1.29 is 9.59 Å². The van der Waals surface area contributed by atoms with E-state index in [0.717, 1.165) is 25.9 Å². The van der Waals surface area contributed by atoms with Crippen LogP contribution in [0.3, 0.4) is 0 Å². The second-order valence-corrected chi connectivity index (χ2v) is 9.95. The molecule has 2 rings (SSSR count). The number of hydrogen-bond donors (Lipinski definition) is 1. The van der Waals surface area contributed by atoms with Gasteiger partial charge in [-0.3, -0.25) is 19.3 Å². The van der Waals surface area contributed by atoms with Crippen LogP contribution in [0.25, 0.3) is 0 Å². The quantitative estimate of drug-likeness (QED) is 0.685. The van der Waals surface area contributed by atoms with Crippen molar-refractivity contribution >= 4 is 11.8 Å². The summed E-state index contributed by atoms with van der Waals surface area (Å²) in [5.41, 5.74) is -0.841. The fraction of sp³-hybridized carbons (Fsp3) is 0.708. The Bertz CT molecular complexity index is 834.